The van der Waals surface area contributed by atoms with Gasteiger partial charge in [-0.15, -0.1) is 0 Å². The monoisotopic (exact) mass is 1500 g/mol. The molecule has 0 saturated heterocycles. The second-order valence-corrected chi connectivity index (χ2v) is 29.2. The van der Waals surface area contributed by atoms with Crippen LogP contribution in [0.25, 0.3) is 0 Å². The van der Waals surface area contributed by atoms with Crippen molar-refractivity contribution in [1.82, 2.24) is 42.5 Å². The number of ether oxygens (including phenoxy) is 7. The van der Waals surface area contributed by atoms with E-state index in [1.165, 1.54) is 7.11 Å². The van der Waals surface area contributed by atoms with Gasteiger partial charge < -0.3 is 117 Å². The van der Waals surface area contributed by atoms with Gasteiger partial charge in [-0.1, -0.05) is 118 Å². The number of methoxy groups -OCH3 is 1. The van der Waals surface area contributed by atoms with E-state index >= 15 is 0 Å². The molecule has 0 spiro atoms. The van der Waals surface area contributed by atoms with Crippen LogP contribution in [-0.2, 0) is 66.7 Å². The minimum absolute atomic E-state index is 0. The Morgan fingerprint density at radius 2 is 0.534 bits per heavy atom. The molecule has 0 unspecified atom stereocenters. The van der Waals surface area contributed by atoms with Crippen LogP contribution >= 0.6 is 0 Å². The molecule has 0 radical (unpaired) electrons. The minimum Gasteiger partial charge on any atom is -0.468 e. The van der Waals surface area contributed by atoms with Crippen LogP contribution in [0, 0.1) is 0 Å². The topological polar surface area (TPSA) is 442 Å². The van der Waals surface area contributed by atoms with E-state index in [-0.39, 0.29) is 93.9 Å². The van der Waals surface area contributed by atoms with Crippen molar-refractivity contribution < 1.29 is 108 Å². The van der Waals surface area contributed by atoms with Gasteiger partial charge in [0.1, 0.15) is 53.5 Å². The standard InChI is InChI=1S/2C11H23NO3.C10H21NO3.2C9H19NO3.C8H17NO3.C7H15NO3.C7H17NO.CH4/c2*1-7(2)12-9(8(3)13)10(14)15-11(4,5)6;1-6(2)11-9(8(5)12)10(13)14-7(3)4;1-6(2)10-8(5-11)9(12)13-7(3)4;1-5-13-9(12)8(7(4)11)10-6(2)3;1-4-12-8(11)7(5-10)9-6(2)3;1-5(2)8-6(4-9)7(10)11-3;1-5(2)8-6(3)7(4)9;/h2*7-9,12-13H,1-6H3;6-9,11-12H,1-5H3;2*6-8,10-11H,5H2,1-4H3;6-7,9-10H,4-5H2,1-3H3;5-6,8-9H,4H2,1-3H3;5-9H,1-4H3;1H4/t3*8-,9+;8-;7-,8+;7-;6-;6-,7-;/m11101001./s1. The summed E-state index contributed by atoms with van der Waals surface area (Å²) in [5.74, 6) is -2.84. The maximum Gasteiger partial charge on any atom is 0.326 e. The Morgan fingerprint density at radius 3 is 0.728 bits per heavy atom. The molecular formula is C73H158N8O22. The summed E-state index contributed by atoms with van der Waals surface area (Å²) in [5, 5.41) is 96.7. The zero-order valence-electron chi connectivity index (χ0n) is 69.6. The number of hydrogen-bond donors (Lipinski definition) is 16. The fraction of sp³-hybridized carbons (Fsp3) is 0.904. The second kappa shape index (κ2) is 65.9. The van der Waals surface area contributed by atoms with Crippen LogP contribution in [0.15, 0.2) is 0 Å². The molecule has 0 aliphatic heterocycles. The number of rotatable bonds is 35. The molecule has 0 amide bonds. The molecule has 0 aromatic carbocycles. The normalized spacial score (nSPS) is 15.0. The first-order valence-corrected chi connectivity index (χ1v) is 35.9. The molecule has 0 bridgehead atoms. The number of aliphatic hydroxyl groups is 8. The first-order valence-electron chi connectivity index (χ1n) is 35.9. The smallest absolute Gasteiger partial charge is 0.326 e. The van der Waals surface area contributed by atoms with Crippen molar-refractivity contribution in [2.24, 2.45) is 0 Å². The fourth-order valence-corrected chi connectivity index (χ4v) is 7.48. The molecule has 16 N–H and O–H groups in total. The molecule has 13 atom stereocenters. The van der Waals surface area contributed by atoms with Gasteiger partial charge in [0.2, 0.25) is 0 Å². The number of carbonyl (C=O) groups excluding carboxylic acids is 7. The molecule has 0 aliphatic carbocycles. The summed E-state index contributed by atoms with van der Waals surface area (Å²) in [4.78, 5) is 79.3. The third kappa shape index (κ3) is 77.1. The van der Waals surface area contributed by atoms with Gasteiger partial charge >= 0.3 is 41.8 Å². The van der Waals surface area contributed by atoms with Gasteiger partial charge in [-0.05, 0) is 125 Å². The average molecular weight is 1500 g/mol. The van der Waals surface area contributed by atoms with Crippen molar-refractivity contribution in [1.29, 1.82) is 0 Å². The van der Waals surface area contributed by atoms with E-state index in [4.69, 9.17) is 48.8 Å². The van der Waals surface area contributed by atoms with Gasteiger partial charge in [-0.3, -0.25) is 33.6 Å². The predicted molar refractivity (Wildman–Crippen MR) is 408 cm³/mol. The largest absolute Gasteiger partial charge is 0.468 e. The molecule has 0 fully saturated rings. The number of esters is 7. The fourth-order valence-electron chi connectivity index (χ4n) is 7.48. The molecule has 0 aromatic rings. The van der Waals surface area contributed by atoms with Crippen molar-refractivity contribution in [2.45, 2.75) is 393 Å². The molecule has 0 heterocycles. The van der Waals surface area contributed by atoms with Crippen LogP contribution in [0.4, 0.5) is 0 Å². The van der Waals surface area contributed by atoms with Gasteiger partial charge in [-0.2, -0.15) is 0 Å². The third-order valence-electron chi connectivity index (χ3n) is 11.6. The Hall–Kier alpha value is -4.35. The zero-order chi connectivity index (χ0) is 82.5. The Morgan fingerprint density at radius 1 is 0.311 bits per heavy atom. The summed E-state index contributed by atoms with van der Waals surface area (Å²) in [7, 11) is 1.30. The van der Waals surface area contributed by atoms with Crippen LogP contribution < -0.4 is 42.5 Å². The molecule has 0 aliphatic rings. The number of carbonyl (C=O) groups is 7. The first-order chi connectivity index (χ1) is 46.3. The quantitative estimate of drug-likeness (QED) is 0.0311. The van der Waals surface area contributed by atoms with Crippen LogP contribution in [0.3, 0.4) is 0 Å². The molecule has 30 nitrogen and oxygen atoms in total. The second-order valence-electron chi connectivity index (χ2n) is 29.2. The summed E-state index contributed by atoms with van der Waals surface area (Å²) in [6.45, 7) is 62.3. The lowest BCUT2D eigenvalue weighted by Gasteiger charge is -2.27. The van der Waals surface area contributed by atoms with Crippen LogP contribution in [-0.4, -0.2) is 273 Å². The molecule has 0 aromatic heterocycles. The summed E-state index contributed by atoms with van der Waals surface area (Å²) in [5.41, 5.74) is -1.05. The Kier molecular flexibility index (Phi) is 74.9. The highest BCUT2D eigenvalue weighted by molar-refractivity contribution is 5.79. The molecule has 0 rings (SSSR count). The third-order valence-corrected chi connectivity index (χ3v) is 11.6. The van der Waals surface area contributed by atoms with Gasteiger partial charge in [0.25, 0.3) is 0 Å². The van der Waals surface area contributed by atoms with E-state index in [1.54, 1.807) is 118 Å². The number of hydrogen-bond acceptors (Lipinski definition) is 30. The molecule has 30 heteroatoms. The van der Waals surface area contributed by atoms with Crippen molar-refractivity contribution in [3.8, 4) is 0 Å². The molecule has 0 saturated carbocycles. The Labute approximate surface area is 623 Å². The highest BCUT2D eigenvalue weighted by Crippen LogP contribution is 2.12. The molecule has 622 valence electrons. The predicted octanol–water partition coefficient (Wildman–Crippen LogP) is 4.25. The Balaban J connectivity index is -0.000000140. The zero-order valence-corrected chi connectivity index (χ0v) is 69.6. The highest BCUT2D eigenvalue weighted by atomic mass is 16.6. The highest BCUT2D eigenvalue weighted by Gasteiger charge is 2.32. The van der Waals surface area contributed by atoms with Crippen molar-refractivity contribution in [2.75, 3.05) is 40.1 Å². The minimum atomic E-state index is -0.762. The number of aliphatic hydroxyl groups excluding tert-OH is 8. The van der Waals surface area contributed by atoms with E-state index in [0.717, 1.165) is 0 Å². The van der Waals surface area contributed by atoms with Gasteiger partial charge in [0.05, 0.1) is 82.9 Å². The van der Waals surface area contributed by atoms with Crippen molar-refractivity contribution in [3.63, 3.8) is 0 Å². The van der Waals surface area contributed by atoms with Gasteiger partial charge in [-0.25, -0.2) is 0 Å². The lowest BCUT2D eigenvalue weighted by Crippen LogP contribution is -2.50. The van der Waals surface area contributed by atoms with Crippen LogP contribution in [0.5, 0.6) is 0 Å². The van der Waals surface area contributed by atoms with Crippen molar-refractivity contribution >= 4 is 41.8 Å². The molecular weight excluding hydrogens is 1340 g/mol. The lowest BCUT2D eigenvalue weighted by molar-refractivity contribution is -0.161. The Bertz CT molecular complexity index is 2040. The summed E-state index contributed by atoms with van der Waals surface area (Å²) in [6.07, 6.45) is -3.56. The maximum atomic E-state index is 11.7. The lowest BCUT2D eigenvalue weighted by atomic mass is 10.1. The van der Waals surface area contributed by atoms with Crippen LogP contribution in [0.2, 0.25) is 0 Å². The molecule has 103 heavy (non-hydrogen) atoms. The van der Waals surface area contributed by atoms with Gasteiger partial charge in [0, 0.05) is 54.4 Å². The van der Waals surface area contributed by atoms with E-state index in [0.29, 0.717) is 19.3 Å². The van der Waals surface area contributed by atoms with Gasteiger partial charge in [0.15, 0.2) is 0 Å². The number of nitrogens with one attached hydrogen (secondary N) is 8. The summed E-state index contributed by atoms with van der Waals surface area (Å²) in [6, 6.07) is -2.75. The van der Waals surface area contributed by atoms with E-state index in [9.17, 15) is 54.0 Å². The SMILES string of the molecule is C.CC(C)N[C@@H](CO)C(=O)OC(C)C.CC(C)N[C@H](C(=O)OC(C)(C)C)[C@@H](C)O.CC(C)N[C@H](C(=O)OC(C)(C)C)[C@@H](C)O.CC(C)N[C@H](C(=O)OC(C)C)[C@@H](C)O.CC(C)N[C@H](C)[C@@H](C)O.CCOC(=O)[C@@H](NC(C)C)[C@@H](C)O.CCOC(=O)[C@H](CO)NC(C)C.COC(=O)[C@H](CO)NC(C)C. The average Bonchev–Trinajstić information content (AvgIpc) is 0.896. The van der Waals surface area contributed by atoms with Crippen molar-refractivity contribution in [3.05, 3.63) is 0 Å². The summed E-state index contributed by atoms with van der Waals surface area (Å²) < 4.78 is 34.3. The summed E-state index contributed by atoms with van der Waals surface area (Å²) >= 11 is 0. The van der Waals surface area contributed by atoms with E-state index in [2.05, 4.69) is 61.1 Å². The first kappa shape index (κ1) is 117. The maximum absolute atomic E-state index is 11.7. The van der Waals surface area contributed by atoms with E-state index in [1.807, 2.05) is 104 Å². The van der Waals surface area contributed by atoms with E-state index < -0.39 is 120 Å². The van der Waals surface area contributed by atoms with Crippen LogP contribution in [0.1, 0.15) is 243 Å².